The molecule has 1 unspecified atom stereocenters. The van der Waals surface area contributed by atoms with Gasteiger partial charge in [-0.2, -0.15) is 18.3 Å². The summed E-state index contributed by atoms with van der Waals surface area (Å²) < 4.78 is 43.3. The van der Waals surface area contributed by atoms with Gasteiger partial charge in [0.2, 0.25) is 11.7 Å². The monoisotopic (exact) mass is 476 g/mol. The molecule has 12 heteroatoms. The number of aryl methyl sites for hydroxylation is 1. The van der Waals surface area contributed by atoms with E-state index in [4.69, 9.17) is 4.74 Å². The summed E-state index contributed by atoms with van der Waals surface area (Å²) >= 11 is 0. The molecule has 2 aliphatic rings. The fourth-order valence-corrected chi connectivity index (χ4v) is 3.75. The smallest absolute Gasteiger partial charge is 0.370 e. The lowest BCUT2D eigenvalue weighted by Gasteiger charge is -2.33. The SMILES string of the molecule is Cc1ccc(C2=NN(C(=O)N[C@H](C)c3cnc(C(F)(F)F)nc3)CC2N2CCOCC2=O)cc1. The minimum absolute atomic E-state index is 0.0329. The molecule has 1 saturated heterocycles. The number of alkyl halides is 3. The van der Waals surface area contributed by atoms with Crippen LogP contribution in [-0.4, -0.2) is 69.9 Å². The molecule has 0 aliphatic carbocycles. The van der Waals surface area contributed by atoms with Crippen LogP contribution < -0.4 is 5.32 Å². The highest BCUT2D eigenvalue weighted by atomic mass is 19.4. The zero-order valence-electron chi connectivity index (χ0n) is 18.5. The summed E-state index contributed by atoms with van der Waals surface area (Å²) in [5.74, 6) is -1.44. The fraction of sp³-hybridized carbons (Fsp3) is 0.409. The predicted octanol–water partition coefficient (Wildman–Crippen LogP) is 2.52. The largest absolute Gasteiger partial charge is 0.451 e. The van der Waals surface area contributed by atoms with Crippen LogP contribution in [0.15, 0.2) is 41.8 Å². The Bertz CT molecular complexity index is 1090. The molecule has 9 nitrogen and oxygen atoms in total. The van der Waals surface area contributed by atoms with E-state index in [2.05, 4.69) is 20.4 Å². The standard InChI is InChI=1S/C22H23F3N6O3/c1-13-3-5-15(6-4-13)19-17(30-7-8-34-12-18(30)32)11-31(29-19)21(33)28-14(2)16-9-26-20(27-10-16)22(23,24)25/h3-6,9-10,14,17H,7-8,11-12H2,1-2H3,(H,28,33)/t14-,17?/m1/s1. The molecule has 34 heavy (non-hydrogen) atoms. The number of nitrogens with zero attached hydrogens (tertiary/aromatic N) is 5. The van der Waals surface area contributed by atoms with Crippen molar-refractivity contribution in [3.8, 4) is 0 Å². The van der Waals surface area contributed by atoms with E-state index in [0.29, 0.717) is 24.4 Å². The number of hydrazone groups is 1. The first-order valence-electron chi connectivity index (χ1n) is 10.6. The molecule has 4 rings (SSSR count). The Morgan fingerprint density at radius 3 is 2.50 bits per heavy atom. The van der Waals surface area contributed by atoms with Crippen LogP contribution in [0, 0.1) is 6.92 Å². The molecule has 0 bridgehead atoms. The van der Waals surface area contributed by atoms with E-state index in [9.17, 15) is 22.8 Å². The Morgan fingerprint density at radius 2 is 1.88 bits per heavy atom. The number of ether oxygens (including phenoxy) is 1. The molecule has 2 atom stereocenters. The maximum absolute atomic E-state index is 13.0. The van der Waals surface area contributed by atoms with Crippen molar-refractivity contribution >= 4 is 17.6 Å². The Labute approximate surface area is 193 Å². The summed E-state index contributed by atoms with van der Waals surface area (Å²) in [7, 11) is 0. The molecule has 2 aromatic rings. The molecule has 1 N–H and O–H groups in total. The van der Waals surface area contributed by atoms with Gasteiger partial charge in [0.25, 0.3) is 0 Å². The lowest BCUT2D eigenvalue weighted by Crippen LogP contribution is -2.52. The van der Waals surface area contributed by atoms with Crippen molar-refractivity contribution in [1.29, 1.82) is 0 Å². The van der Waals surface area contributed by atoms with Crippen molar-refractivity contribution in [2.45, 2.75) is 32.1 Å². The van der Waals surface area contributed by atoms with Crippen LogP contribution in [-0.2, 0) is 15.7 Å². The molecule has 3 amide bonds. The lowest BCUT2D eigenvalue weighted by atomic mass is 10.0. The van der Waals surface area contributed by atoms with E-state index in [0.717, 1.165) is 23.5 Å². The molecule has 0 saturated carbocycles. The average molecular weight is 476 g/mol. The summed E-state index contributed by atoms with van der Waals surface area (Å²) in [6.07, 6.45) is -2.59. The van der Waals surface area contributed by atoms with Gasteiger partial charge >= 0.3 is 12.2 Å². The van der Waals surface area contributed by atoms with Gasteiger partial charge in [-0.1, -0.05) is 29.8 Å². The molecule has 1 aromatic carbocycles. The topological polar surface area (TPSA) is 100 Å². The van der Waals surface area contributed by atoms with Gasteiger partial charge in [-0.05, 0) is 19.4 Å². The van der Waals surface area contributed by atoms with Crippen LogP contribution in [0.4, 0.5) is 18.0 Å². The van der Waals surface area contributed by atoms with Gasteiger partial charge in [0.1, 0.15) is 6.61 Å². The highest BCUT2D eigenvalue weighted by Crippen LogP contribution is 2.26. The first-order valence-corrected chi connectivity index (χ1v) is 10.6. The van der Waals surface area contributed by atoms with Gasteiger partial charge in [0.15, 0.2) is 0 Å². The maximum atomic E-state index is 13.0. The quantitative estimate of drug-likeness (QED) is 0.731. The highest BCUT2D eigenvalue weighted by Gasteiger charge is 2.39. The predicted molar refractivity (Wildman–Crippen MR) is 115 cm³/mol. The number of rotatable bonds is 4. The number of aromatic nitrogens is 2. The zero-order valence-corrected chi connectivity index (χ0v) is 18.5. The summed E-state index contributed by atoms with van der Waals surface area (Å²) in [6, 6.07) is 5.94. The highest BCUT2D eigenvalue weighted by molar-refractivity contribution is 6.08. The van der Waals surface area contributed by atoms with Crippen molar-refractivity contribution in [2.75, 3.05) is 26.3 Å². The zero-order chi connectivity index (χ0) is 24.5. The van der Waals surface area contributed by atoms with Crippen LogP contribution in [0.5, 0.6) is 0 Å². The molecular formula is C22H23F3N6O3. The van der Waals surface area contributed by atoms with Gasteiger partial charge in [0, 0.05) is 24.5 Å². The first-order chi connectivity index (χ1) is 16.1. The minimum atomic E-state index is -4.65. The van der Waals surface area contributed by atoms with Crippen LogP contribution >= 0.6 is 0 Å². The molecule has 1 aromatic heterocycles. The third-order valence-corrected chi connectivity index (χ3v) is 5.64. The summed E-state index contributed by atoms with van der Waals surface area (Å²) in [6.45, 7) is 4.43. The lowest BCUT2D eigenvalue weighted by molar-refractivity contribution is -0.145. The number of hydrogen-bond acceptors (Lipinski definition) is 6. The third kappa shape index (κ3) is 5.01. The van der Waals surface area contributed by atoms with Crippen molar-refractivity contribution in [3.05, 3.63) is 59.2 Å². The Balaban J connectivity index is 1.52. The first kappa shape index (κ1) is 23.6. The molecule has 1 fully saturated rings. The molecule has 180 valence electrons. The third-order valence-electron chi connectivity index (χ3n) is 5.64. The minimum Gasteiger partial charge on any atom is -0.370 e. The number of urea groups is 1. The number of carbonyl (C=O) groups excluding carboxylic acids is 2. The number of morpholine rings is 1. The van der Waals surface area contributed by atoms with Crippen molar-refractivity contribution < 1.29 is 27.5 Å². The van der Waals surface area contributed by atoms with Crippen molar-refractivity contribution in [3.63, 3.8) is 0 Å². The van der Waals surface area contributed by atoms with Crippen molar-refractivity contribution in [1.82, 2.24) is 25.2 Å². The van der Waals surface area contributed by atoms with Crippen LogP contribution in [0.2, 0.25) is 0 Å². The van der Waals surface area contributed by atoms with E-state index < -0.39 is 30.1 Å². The van der Waals surface area contributed by atoms with Gasteiger partial charge in [-0.15, -0.1) is 0 Å². The summed E-state index contributed by atoms with van der Waals surface area (Å²) in [5.41, 5.74) is 2.73. The van der Waals surface area contributed by atoms with Gasteiger partial charge in [-0.3, -0.25) is 4.79 Å². The Kier molecular flexibility index (Phi) is 6.51. The van der Waals surface area contributed by atoms with Gasteiger partial charge in [0.05, 0.1) is 30.9 Å². The second-order valence-corrected chi connectivity index (χ2v) is 8.10. The van der Waals surface area contributed by atoms with Crippen LogP contribution in [0.3, 0.4) is 0 Å². The van der Waals surface area contributed by atoms with E-state index in [-0.39, 0.29) is 19.1 Å². The van der Waals surface area contributed by atoms with Gasteiger partial charge < -0.3 is 15.0 Å². The fourth-order valence-electron chi connectivity index (χ4n) is 3.75. The molecule has 3 heterocycles. The molecule has 0 spiro atoms. The number of benzene rings is 1. The summed E-state index contributed by atoms with van der Waals surface area (Å²) in [4.78, 5) is 33.8. The normalized spacial score (nSPS) is 19.7. The second-order valence-electron chi connectivity index (χ2n) is 8.10. The van der Waals surface area contributed by atoms with Gasteiger partial charge in [-0.25, -0.2) is 19.8 Å². The maximum Gasteiger partial charge on any atom is 0.451 e. The number of halogens is 3. The van der Waals surface area contributed by atoms with E-state index in [1.807, 2.05) is 31.2 Å². The Morgan fingerprint density at radius 1 is 1.21 bits per heavy atom. The number of hydrogen-bond donors (Lipinski definition) is 1. The molecular weight excluding hydrogens is 453 g/mol. The van der Waals surface area contributed by atoms with E-state index in [1.54, 1.807) is 11.8 Å². The van der Waals surface area contributed by atoms with Crippen molar-refractivity contribution in [2.24, 2.45) is 5.10 Å². The Hall–Kier alpha value is -3.54. The van der Waals surface area contributed by atoms with Crippen LogP contribution in [0.1, 0.15) is 35.5 Å². The van der Waals surface area contributed by atoms with Crippen LogP contribution in [0.25, 0.3) is 0 Å². The summed E-state index contributed by atoms with van der Waals surface area (Å²) in [5, 5.41) is 8.42. The number of amides is 3. The molecule has 0 radical (unpaired) electrons. The van der Waals surface area contributed by atoms with E-state index >= 15 is 0 Å². The average Bonchev–Trinajstić information content (AvgIpc) is 3.25. The number of nitrogens with one attached hydrogen (secondary N) is 1. The second kappa shape index (κ2) is 9.37. The molecule has 2 aliphatic heterocycles. The number of carbonyl (C=O) groups is 2. The van der Waals surface area contributed by atoms with E-state index in [1.165, 1.54) is 5.01 Å².